The molecule has 0 saturated carbocycles. The second-order valence-electron chi connectivity index (χ2n) is 6.55. The summed E-state index contributed by atoms with van der Waals surface area (Å²) in [5.74, 6) is 0.895. The van der Waals surface area contributed by atoms with E-state index in [1.807, 2.05) is 30.9 Å². The molecule has 25 heavy (non-hydrogen) atoms. The van der Waals surface area contributed by atoms with Crippen LogP contribution in [-0.2, 0) is 17.8 Å². The molecule has 0 saturated heterocycles. The first-order valence-corrected chi connectivity index (χ1v) is 9.25. The predicted molar refractivity (Wildman–Crippen MR) is 99.2 cm³/mol. The Balaban J connectivity index is 2.23. The van der Waals surface area contributed by atoms with E-state index in [2.05, 4.69) is 10.6 Å². The molecule has 1 amide bonds. The molecule has 0 radical (unpaired) electrons. The average molecular weight is 344 g/mol. The number of nitrogens with zero attached hydrogens (tertiary/aromatic N) is 2. The Morgan fingerprint density at radius 2 is 2.12 bits per heavy atom. The van der Waals surface area contributed by atoms with Crippen molar-refractivity contribution < 1.29 is 14.6 Å². The first kappa shape index (κ1) is 17.8. The van der Waals surface area contributed by atoms with Gasteiger partial charge in [-0.3, -0.25) is 4.79 Å². The number of ether oxygens (including phenoxy) is 1. The number of carbonyl (C=O) groups is 1. The number of rotatable bonds is 6. The Morgan fingerprint density at radius 1 is 1.36 bits per heavy atom. The molecule has 0 unspecified atom stereocenters. The Kier molecular flexibility index (Phi) is 5.33. The van der Waals surface area contributed by atoms with Crippen molar-refractivity contribution >= 4 is 16.8 Å². The van der Waals surface area contributed by atoms with E-state index >= 15 is 0 Å². The summed E-state index contributed by atoms with van der Waals surface area (Å²) in [5.41, 5.74) is 3.35. The van der Waals surface area contributed by atoms with Gasteiger partial charge in [-0.2, -0.15) is 0 Å². The number of aliphatic hydroxyl groups excluding tert-OH is 1. The Morgan fingerprint density at radius 3 is 2.76 bits per heavy atom. The molecule has 1 N–H and O–H groups in total. The molecule has 1 aromatic heterocycles. The minimum absolute atomic E-state index is 0.0854. The molecule has 2 aromatic rings. The van der Waals surface area contributed by atoms with Gasteiger partial charge in [0.1, 0.15) is 5.75 Å². The molecule has 5 heteroatoms. The van der Waals surface area contributed by atoms with E-state index in [1.165, 1.54) is 5.69 Å². The summed E-state index contributed by atoms with van der Waals surface area (Å²) in [6.45, 7) is 6.15. The van der Waals surface area contributed by atoms with Crippen LogP contribution in [0.3, 0.4) is 0 Å². The fourth-order valence-electron chi connectivity index (χ4n) is 4.24. The van der Waals surface area contributed by atoms with Crippen LogP contribution < -0.4 is 4.74 Å². The van der Waals surface area contributed by atoms with Gasteiger partial charge in [-0.05, 0) is 50.8 Å². The zero-order chi connectivity index (χ0) is 18.0. The summed E-state index contributed by atoms with van der Waals surface area (Å²) in [7, 11) is 1.68. The number of methoxy groups -OCH3 is 1. The van der Waals surface area contributed by atoms with Crippen molar-refractivity contribution in [1.29, 1.82) is 0 Å². The second-order valence-corrected chi connectivity index (χ2v) is 6.55. The van der Waals surface area contributed by atoms with Crippen molar-refractivity contribution in [2.45, 2.75) is 45.6 Å². The molecule has 0 spiro atoms. The van der Waals surface area contributed by atoms with Crippen molar-refractivity contribution in [3.8, 4) is 5.75 Å². The van der Waals surface area contributed by atoms with Gasteiger partial charge in [0.15, 0.2) is 0 Å². The number of aromatic nitrogens is 1. The van der Waals surface area contributed by atoms with Gasteiger partial charge in [-0.25, -0.2) is 0 Å². The van der Waals surface area contributed by atoms with Crippen molar-refractivity contribution in [3.63, 3.8) is 0 Å². The van der Waals surface area contributed by atoms with E-state index < -0.39 is 0 Å². The van der Waals surface area contributed by atoms with Gasteiger partial charge in [-0.15, -0.1) is 0 Å². The third kappa shape index (κ3) is 2.91. The van der Waals surface area contributed by atoms with Gasteiger partial charge >= 0.3 is 0 Å². The highest BCUT2D eigenvalue weighted by molar-refractivity contribution is 5.97. The average Bonchev–Trinajstić information content (AvgIpc) is 2.97. The van der Waals surface area contributed by atoms with Crippen LogP contribution in [-0.4, -0.2) is 47.3 Å². The van der Waals surface area contributed by atoms with Gasteiger partial charge in [0, 0.05) is 30.7 Å². The molecule has 1 aliphatic carbocycles. The van der Waals surface area contributed by atoms with E-state index in [1.54, 1.807) is 7.11 Å². The Hall–Kier alpha value is -2.01. The molecule has 5 nitrogen and oxygen atoms in total. The number of amides is 1. The van der Waals surface area contributed by atoms with E-state index in [-0.39, 0.29) is 18.4 Å². The zero-order valence-electron chi connectivity index (χ0n) is 15.4. The van der Waals surface area contributed by atoms with Crippen LogP contribution in [0, 0.1) is 0 Å². The summed E-state index contributed by atoms with van der Waals surface area (Å²) >= 11 is 0. The lowest BCUT2D eigenvalue weighted by molar-refractivity contribution is -0.132. The minimum Gasteiger partial charge on any atom is -0.496 e. The highest BCUT2D eigenvalue weighted by Crippen LogP contribution is 2.43. The molecule has 3 rings (SSSR count). The maximum atomic E-state index is 13.2. The number of likely N-dealkylation sites (N-methyl/N-ethyl adjacent to an activating group) is 1. The van der Waals surface area contributed by atoms with Crippen molar-refractivity contribution in [1.82, 2.24) is 9.47 Å². The Bertz CT molecular complexity index is 762. The van der Waals surface area contributed by atoms with Gasteiger partial charge in [0.25, 0.3) is 0 Å². The van der Waals surface area contributed by atoms with Crippen LogP contribution in [0.25, 0.3) is 10.9 Å². The highest BCUT2D eigenvalue weighted by Gasteiger charge is 2.34. The van der Waals surface area contributed by atoms with Gasteiger partial charge < -0.3 is 19.3 Å². The molecular formula is C20H28N2O3. The largest absolute Gasteiger partial charge is 0.496 e. The lowest BCUT2D eigenvalue weighted by Crippen LogP contribution is -2.36. The fourth-order valence-corrected chi connectivity index (χ4v) is 4.24. The molecular weight excluding hydrogens is 316 g/mol. The lowest BCUT2D eigenvalue weighted by Gasteiger charge is -2.29. The highest BCUT2D eigenvalue weighted by atomic mass is 16.5. The summed E-state index contributed by atoms with van der Waals surface area (Å²) in [6, 6.07) is 5.99. The van der Waals surface area contributed by atoms with Crippen LogP contribution in [0.4, 0.5) is 0 Å². The number of benzene rings is 1. The van der Waals surface area contributed by atoms with Crippen molar-refractivity contribution in [2.24, 2.45) is 0 Å². The van der Waals surface area contributed by atoms with E-state index in [0.717, 1.165) is 54.6 Å². The smallest absolute Gasteiger partial charge is 0.230 e. The van der Waals surface area contributed by atoms with E-state index in [4.69, 9.17) is 4.74 Å². The summed E-state index contributed by atoms with van der Waals surface area (Å²) in [6.07, 6.45) is 2.81. The molecule has 1 atom stereocenters. The van der Waals surface area contributed by atoms with Crippen LogP contribution >= 0.6 is 0 Å². The molecule has 1 aliphatic rings. The number of hydrogen-bond donors (Lipinski definition) is 1. The molecule has 0 fully saturated rings. The van der Waals surface area contributed by atoms with E-state index in [9.17, 15) is 9.90 Å². The first-order chi connectivity index (χ1) is 12.2. The monoisotopic (exact) mass is 344 g/mol. The number of aliphatic hydroxyl groups is 1. The minimum atomic E-state index is -0.123. The van der Waals surface area contributed by atoms with Crippen LogP contribution in [0.15, 0.2) is 18.2 Å². The lowest BCUT2D eigenvalue weighted by atomic mass is 9.84. The van der Waals surface area contributed by atoms with Crippen LogP contribution in [0.5, 0.6) is 5.75 Å². The van der Waals surface area contributed by atoms with Crippen LogP contribution in [0.2, 0.25) is 0 Å². The summed E-state index contributed by atoms with van der Waals surface area (Å²) in [4.78, 5) is 15.1. The number of fused-ring (bicyclic) bond motifs is 3. The second kappa shape index (κ2) is 7.48. The molecule has 0 bridgehead atoms. The van der Waals surface area contributed by atoms with E-state index in [0.29, 0.717) is 6.54 Å². The number of hydrogen-bond acceptors (Lipinski definition) is 3. The van der Waals surface area contributed by atoms with Gasteiger partial charge in [0.05, 0.1) is 25.2 Å². The third-order valence-electron chi connectivity index (χ3n) is 5.37. The standard InChI is InChI=1S/C20H28N2O3/c1-4-21(5-2)20(24)14-8-6-9-15-18(14)19-16(22(15)12-13-23)10-7-11-17(19)25-3/h7,10-11,14,23H,4-6,8-9,12-13H2,1-3H3/t14-/m1/s1. The van der Waals surface area contributed by atoms with Crippen molar-refractivity contribution in [2.75, 3.05) is 26.8 Å². The van der Waals surface area contributed by atoms with Gasteiger partial charge in [-0.1, -0.05) is 6.07 Å². The van der Waals surface area contributed by atoms with Crippen molar-refractivity contribution in [3.05, 3.63) is 29.5 Å². The fraction of sp³-hybridized carbons (Fsp3) is 0.550. The normalized spacial score (nSPS) is 16.7. The SMILES string of the molecule is CCN(CC)C(=O)[C@@H]1CCCc2c1c1c(OC)cccc1n2CCO. The zero-order valence-corrected chi connectivity index (χ0v) is 15.4. The quantitative estimate of drug-likeness (QED) is 0.877. The third-order valence-corrected chi connectivity index (χ3v) is 5.37. The summed E-state index contributed by atoms with van der Waals surface area (Å²) in [5, 5.41) is 10.6. The predicted octanol–water partition coefficient (Wildman–Crippen LogP) is 2.93. The Labute approximate surface area is 149 Å². The summed E-state index contributed by atoms with van der Waals surface area (Å²) < 4.78 is 7.80. The first-order valence-electron chi connectivity index (χ1n) is 9.25. The maximum absolute atomic E-state index is 13.2. The van der Waals surface area contributed by atoms with Gasteiger partial charge in [0.2, 0.25) is 5.91 Å². The molecule has 1 heterocycles. The maximum Gasteiger partial charge on any atom is 0.230 e. The molecule has 136 valence electrons. The van der Waals surface area contributed by atoms with Crippen LogP contribution in [0.1, 0.15) is 43.9 Å². The molecule has 1 aromatic carbocycles. The molecule has 0 aliphatic heterocycles. The topological polar surface area (TPSA) is 54.7 Å². The number of carbonyl (C=O) groups excluding carboxylic acids is 1.